The zero-order valence-electron chi connectivity index (χ0n) is 12.3. The highest BCUT2D eigenvalue weighted by atomic mass is 79.9. The lowest BCUT2D eigenvalue weighted by atomic mass is 10.1. The van der Waals surface area contributed by atoms with Crippen molar-refractivity contribution in [3.05, 3.63) is 57.6 Å². The van der Waals surface area contributed by atoms with E-state index < -0.39 is 0 Å². The minimum atomic E-state index is 0.0918. The first kappa shape index (κ1) is 15.4. The van der Waals surface area contributed by atoms with E-state index in [1.54, 1.807) is 0 Å². The van der Waals surface area contributed by atoms with Gasteiger partial charge in [0.1, 0.15) is 0 Å². The topological polar surface area (TPSA) is 61.8 Å². The van der Waals surface area contributed by atoms with E-state index in [0.29, 0.717) is 5.56 Å². The summed E-state index contributed by atoms with van der Waals surface area (Å²) in [6.07, 6.45) is 0. The molecule has 0 heterocycles. The van der Waals surface area contributed by atoms with E-state index in [0.717, 1.165) is 15.8 Å². The van der Waals surface area contributed by atoms with Gasteiger partial charge in [-0.3, -0.25) is 0 Å². The van der Waals surface area contributed by atoms with Gasteiger partial charge in [0.25, 0.3) is 0 Å². The number of hydrogen-bond donors (Lipinski definition) is 2. The van der Waals surface area contributed by atoms with E-state index in [9.17, 15) is 0 Å². The van der Waals surface area contributed by atoms with Crippen molar-refractivity contribution >= 4 is 33.1 Å². The maximum Gasteiger partial charge on any atom is 0.172 e. The fourth-order valence-corrected chi connectivity index (χ4v) is 2.71. The smallest absolute Gasteiger partial charge is 0.172 e. The van der Waals surface area contributed by atoms with Crippen molar-refractivity contribution in [2.75, 3.05) is 11.9 Å². The number of nitrogens with zero attached hydrogens (tertiary/aromatic N) is 2. The Labute approximate surface area is 133 Å². The third kappa shape index (κ3) is 3.19. The van der Waals surface area contributed by atoms with Crippen LogP contribution in [0.3, 0.4) is 0 Å². The van der Waals surface area contributed by atoms with Crippen LogP contribution in [-0.2, 0) is 0 Å². The van der Waals surface area contributed by atoms with Crippen LogP contribution in [0, 0.1) is 13.8 Å². The highest BCUT2D eigenvalue weighted by Gasteiger charge is 2.14. The lowest BCUT2D eigenvalue weighted by Crippen LogP contribution is -2.20. The van der Waals surface area contributed by atoms with E-state index in [1.807, 2.05) is 30.1 Å². The third-order valence-corrected chi connectivity index (χ3v) is 3.91. The van der Waals surface area contributed by atoms with E-state index in [2.05, 4.69) is 53.1 Å². The Bertz CT molecular complexity index is 698. The molecule has 0 spiro atoms. The van der Waals surface area contributed by atoms with Gasteiger partial charge >= 0.3 is 0 Å². The molecule has 0 unspecified atom stereocenters. The molecule has 0 saturated carbocycles. The van der Waals surface area contributed by atoms with Crippen molar-refractivity contribution in [3.63, 3.8) is 0 Å². The SMILES string of the molecule is Cc1ccc(N(C)c2cc(Br)ccc2/C(N)=N/O)c(C)c1. The van der Waals surface area contributed by atoms with Gasteiger partial charge < -0.3 is 15.8 Å². The van der Waals surface area contributed by atoms with Crippen LogP contribution in [-0.4, -0.2) is 18.1 Å². The van der Waals surface area contributed by atoms with Crippen LogP contribution in [0.5, 0.6) is 0 Å². The van der Waals surface area contributed by atoms with Gasteiger partial charge in [0.15, 0.2) is 5.84 Å². The van der Waals surface area contributed by atoms with Crippen LogP contribution in [0.1, 0.15) is 16.7 Å². The summed E-state index contributed by atoms with van der Waals surface area (Å²) >= 11 is 3.47. The number of benzene rings is 2. The molecular weight excluding hydrogens is 330 g/mol. The Morgan fingerprint density at radius 1 is 1.14 bits per heavy atom. The monoisotopic (exact) mass is 347 g/mol. The minimum absolute atomic E-state index is 0.0918. The molecule has 0 bridgehead atoms. The summed E-state index contributed by atoms with van der Waals surface area (Å²) in [7, 11) is 1.97. The molecule has 0 fully saturated rings. The number of amidine groups is 1. The molecule has 3 N–H and O–H groups in total. The fourth-order valence-electron chi connectivity index (χ4n) is 2.36. The lowest BCUT2D eigenvalue weighted by Gasteiger charge is -2.24. The lowest BCUT2D eigenvalue weighted by molar-refractivity contribution is 0.318. The summed E-state index contributed by atoms with van der Waals surface area (Å²) in [5, 5.41) is 12.1. The molecule has 0 aromatic heterocycles. The standard InChI is InChI=1S/C16H18BrN3O/c1-10-4-7-14(11(2)8-10)20(3)15-9-12(17)5-6-13(15)16(18)19-21/h4-9,21H,1-3H3,(H2,18,19). The Kier molecular flexibility index (Phi) is 4.53. The molecule has 4 nitrogen and oxygen atoms in total. The predicted octanol–water partition coefficient (Wildman–Crippen LogP) is 3.93. The van der Waals surface area contributed by atoms with Crippen LogP contribution in [0.2, 0.25) is 0 Å². The second kappa shape index (κ2) is 6.18. The summed E-state index contributed by atoms with van der Waals surface area (Å²) in [4.78, 5) is 2.03. The van der Waals surface area contributed by atoms with Crippen molar-refractivity contribution in [1.82, 2.24) is 0 Å². The predicted molar refractivity (Wildman–Crippen MR) is 90.6 cm³/mol. The first-order valence-corrected chi connectivity index (χ1v) is 7.31. The zero-order chi connectivity index (χ0) is 15.6. The van der Waals surface area contributed by atoms with Gasteiger partial charge in [-0.25, -0.2) is 0 Å². The van der Waals surface area contributed by atoms with Crippen LogP contribution in [0.4, 0.5) is 11.4 Å². The van der Waals surface area contributed by atoms with E-state index in [-0.39, 0.29) is 5.84 Å². The summed E-state index contributed by atoms with van der Waals surface area (Å²) in [6, 6.07) is 11.9. The third-order valence-electron chi connectivity index (χ3n) is 3.42. The molecule has 2 aromatic carbocycles. The Morgan fingerprint density at radius 3 is 2.48 bits per heavy atom. The summed E-state index contributed by atoms with van der Waals surface area (Å²) < 4.78 is 0.934. The minimum Gasteiger partial charge on any atom is -0.409 e. The molecule has 0 aliphatic heterocycles. The molecule has 0 amide bonds. The van der Waals surface area contributed by atoms with Crippen LogP contribution in [0.15, 0.2) is 46.0 Å². The molecule has 0 radical (unpaired) electrons. The number of oxime groups is 1. The first-order chi connectivity index (χ1) is 9.93. The maximum atomic E-state index is 8.96. The molecule has 0 aliphatic carbocycles. The summed E-state index contributed by atoms with van der Waals surface area (Å²) in [5.41, 5.74) is 10.8. The zero-order valence-corrected chi connectivity index (χ0v) is 13.8. The maximum absolute atomic E-state index is 8.96. The number of aryl methyl sites for hydroxylation is 2. The highest BCUT2D eigenvalue weighted by Crippen LogP contribution is 2.32. The van der Waals surface area contributed by atoms with Gasteiger partial charge in [0.2, 0.25) is 0 Å². The quantitative estimate of drug-likeness (QED) is 0.382. The van der Waals surface area contributed by atoms with Gasteiger partial charge in [-0.15, -0.1) is 0 Å². The van der Waals surface area contributed by atoms with Gasteiger partial charge in [-0.05, 0) is 43.7 Å². The Balaban J connectivity index is 2.57. The average Bonchev–Trinajstić information content (AvgIpc) is 2.45. The van der Waals surface area contributed by atoms with E-state index >= 15 is 0 Å². The van der Waals surface area contributed by atoms with Crippen molar-refractivity contribution in [2.24, 2.45) is 10.9 Å². The van der Waals surface area contributed by atoms with Crippen molar-refractivity contribution < 1.29 is 5.21 Å². The van der Waals surface area contributed by atoms with Crippen LogP contribution in [0.25, 0.3) is 0 Å². The highest BCUT2D eigenvalue weighted by molar-refractivity contribution is 9.10. The van der Waals surface area contributed by atoms with Crippen LogP contribution >= 0.6 is 15.9 Å². The number of anilines is 2. The molecule has 2 rings (SSSR count). The summed E-state index contributed by atoms with van der Waals surface area (Å²) in [6.45, 7) is 4.14. The van der Waals surface area contributed by atoms with Crippen LogP contribution < -0.4 is 10.6 Å². The average molecular weight is 348 g/mol. The van der Waals surface area contributed by atoms with Crippen molar-refractivity contribution in [2.45, 2.75) is 13.8 Å². The molecule has 110 valence electrons. The largest absolute Gasteiger partial charge is 0.409 e. The second-order valence-electron chi connectivity index (χ2n) is 5.00. The van der Waals surface area contributed by atoms with Gasteiger partial charge in [-0.2, -0.15) is 0 Å². The Hall–Kier alpha value is -2.01. The molecule has 0 atom stereocenters. The molecule has 21 heavy (non-hydrogen) atoms. The number of hydrogen-bond acceptors (Lipinski definition) is 3. The number of halogens is 1. The van der Waals surface area contributed by atoms with E-state index in [4.69, 9.17) is 10.9 Å². The van der Waals surface area contributed by atoms with Crippen molar-refractivity contribution in [1.29, 1.82) is 0 Å². The fraction of sp³-hybridized carbons (Fsp3) is 0.188. The molecule has 5 heteroatoms. The number of rotatable bonds is 3. The van der Waals surface area contributed by atoms with Gasteiger partial charge in [0, 0.05) is 22.8 Å². The molecule has 2 aromatic rings. The normalized spacial score (nSPS) is 11.5. The first-order valence-electron chi connectivity index (χ1n) is 6.52. The second-order valence-corrected chi connectivity index (χ2v) is 5.91. The molecule has 0 saturated heterocycles. The number of nitrogens with two attached hydrogens (primary N) is 1. The molecule has 0 aliphatic rings. The van der Waals surface area contributed by atoms with Crippen molar-refractivity contribution in [3.8, 4) is 0 Å². The Morgan fingerprint density at radius 2 is 1.86 bits per heavy atom. The van der Waals surface area contributed by atoms with Gasteiger partial charge in [-0.1, -0.05) is 38.8 Å². The van der Waals surface area contributed by atoms with Gasteiger partial charge in [0.05, 0.1) is 5.69 Å². The van der Waals surface area contributed by atoms with E-state index in [1.165, 1.54) is 11.1 Å². The molecular formula is C16H18BrN3O. The summed E-state index contributed by atoms with van der Waals surface area (Å²) in [5.74, 6) is 0.0918.